The average Bonchev–Trinajstić information content (AvgIpc) is 3.15. The Hall–Kier alpha value is -1.56. The van der Waals surface area contributed by atoms with E-state index in [0.717, 1.165) is 12.1 Å². The van der Waals surface area contributed by atoms with Crippen LogP contribution in [0.3, 0.4) is 0 Å². The smallest absolute Gasteiger partial charge is 0.129 e. The van der Waals surface area contributed by atoms with Crippen LogP contribution in [0.25, 0.3) is 0 Å². The van der Waals surface area contributed by atoms with E-state index < -0.39 is 0 Å². The monoisotopic (exact) mass is 232 g/mol. The van der Waals surface area contributed by atoms with Crippen molar-refractivity contribution in [1.29, 1.82) is 5.26 Å². The first-order valence-corrected chi connectivity index (χ1v) is 6.12. The van der Waals surface area contributed by atoms with Crippen molar-refractivity contribution in [2.75, 3.05) is 5.32 Å². The van der Waals surface area contributed by atoms with Gasteiger partial charge in [0.2, 0.25) is 0 Å². The molecule has 0 bridgehead atoms. The van der Waals surface area contributed by atoms with Gasteiger partial charge in [-0.2, -0.15) is 5.26 Å². The molecule has 0 aromatic heterocycles. The van der Waals surface area contributed by atoms with E-state index in [0.29, 0.717) is 23.1 Å². The van der Waals surface area contributed by atoms with Crippen LogP contribution < -0.4 is 5.32 Å². The summed E-state index contributed by atoms with van der Waals surface area (Å²) in [4.78, 5) is 0. The zero-order valence-electron chi connectivity index (χ0n) is 10.3. The van der Waals surface area contributed by atoms with Gasteiger partial charge in [0.1, 0.15) is 5.82 Å². The average molecular weight is 232 g/mol. The third-order valence-electron chi connectivity index (χ3n) is 3.45. The number of hydrogen-bond acceptors (Lipinski definition) is 2. The van der Waals surface area contributed by atoms with Crippen molar-refractivity contribution in [2.24, 2.45) is 5.92 Å². The largest absolute Gasteiger partial charge is 0.382 e. The Morgan fingerprint density at radius 1 is 1.53 bits per heavy atom. The molecule has 2 nitrogen and oxygen atoms in total. The predicted molar refractivity (Wildman–Crippen MR) is 66.3 cm³/mol. The Morgan fingerprint density at radius 2 is 2.24 bits per heavy atom. The van der Waals surface area contributed by atoms with Gasteiger partial charge in [-0.3, -0.25) is 0 Å². The lowest BCUT2D eigenvalue weighted by atomic mass is 10.1. The van der Waals surface area contributed by atoms with Crippen LogP contribution in [0.2, 0.25) is 0 Å². The molecule has 0 amide bonds. The lowest BCUT2D eigenvalue weighted by Gasteiger charge is -2.19. The van der Waals surface area contributed by atoms with Gasteiger partial charge in [-0.25, -0.2) is 4.39 Å². The predicted octanol–water partition coefficient (Wildman–Crippen LogP) is 3.61. The van der Waals surface area contributed by atoms with Crippen LogP contribution in [0.15, 0.2) is 12.1 Å². The summed E-state index contributed by atoms with van der Waals surface area (Å²) in [6.45, 7) is 3.88. The minimum Gasteiger partial charge on any atom is -0.382 e. The summed E-state index contributed by atoms with van der Waals surface area (Å²) in [7, 11) is 0. The molecule has 0 spiro atoms. The van der Waals surface area contributed by atoms with Crippen molar-refractivity contribution < 1.29 is 4.39 Å². The normalized spacial score (nSPS) is 16.4. The highest BCUT2D eigenvalue weighted by Crippen LogP contribution is 2.36. The lowest BCUT2D eigenvalue weighted by molar-refractivity contribution is 0.605. The van der Waals surface area contributed by atoms with Gasteiger partial charge >= 0.3 is 0 Å². The van der Waals surface area contributed by atoms with Gasteiger partial charge in [0.05, 0.1) is 11.6 Å². The zero-order chi connectivity index (χ0) is 12.4. The Labute approximate surface area is 101 Å². The highest BCUT2D eigenvalue weighted by Gasteiger charge is 2.30. The SMILES string of the molecule is CCC(Nc1cc(C#N)cc(F)c1C)C1CC1. The van der Waals surface area contributed by atoms with Gasteiger partial charge in [-0.15, -0.1) is 0 Å². The molecule has 1 unspecified atom stereocenters. The molecule has 17 heavy (non-hydrogen) atoms. The fourth-order valence-corrected chi connectivity index (χ4v) is 2.14. The van der Waals surface area contributed by atoms with Gasteiger partial charge < -0.3 is 5.32 Å². The summed E-state index contributed by atoms with van der Waals surface area (Å²) in [6, 6.07) is 5.43. The lowest BCUT2D eigenvalue weighted by Crippen LogP contribution is -2.21. The van der Waals surface area contributed by atoms with E-state index in [9.17, 15) is 4.39 Å². The van der Waals surface area contributed by atoms with E-state index >= 15 is 0 Å². The highest BCUT2D eigenvalue weighted by atomic mass is 19.1. The maximum Gasteiger partial charge on any atom is 0.129 e. The molecule has 0 heterocycles. The number of nitrogens with zero attached hydrogens (tertiary/aromatic N) is 1. The first-order valence-electron chi connectivity index (χ1n) is 6.12. The molecule has 1 saturated carbocycles. The maximum absolute atomic E-state index is 13.6. The van der Waals surface area contributed by atoms with E-state index in [4.69, 9.17) is 5.26 Å². The third kappa shape index (κ3) is 2.58. The molecule has 1 N–H and O–H groups in total. The molecule has 1 atom stereocenters. The van der Waals surface area contributed by atoms with Crippen molar-refractivity contribution in [3.8, 4) is 6.07 Å². The first-order chi connectivity index (χ1) is 8.15. The number of benzene rings is 1. The molecular formula is C14H17FN2. The van der Waals surface area contributed by atoms with Crippen molar-refractivity contribution in [1.82, 2.24) is 0 Å². The van der Waals surface area contributed by atoms with E-state index in [1.54, 1.807) is 13.0 Å². The number of halogens is 1. The zero-order valence-corrected chi connectivity index (χ0v) is 10.3. The van der Waals surface area contributed by atoms with Crippen LogP contribution >= 0.6 is 0 Å². The summed E-state index contributed by atoms with van der Waals surface area (Å²) in [6.07, 6.45) is 3.54. The molecule has 0 radical (unpaired) electrons. The van der Waals surface area contributed by atoms with Crippen LogP contribution in [-0.2, 0) is 0 Å². The third-order valence-corrected chi connectivity index (χ3v) is 3.45. The van der Waals surface area contributed by atoms with Gasteiger partial charge in [0.25, 0.3) is 0 Å². The summed E-state index contributed by atoms with van der Waals surface area (Å²) in [5.41, 5.74) is 1.74. The second kappa shape index (κ2) is 4.75. The fraction of sp³-hybridized carbons (Fsp3) is 0.500. The molecule has 0 saturated heterocycles. The summed E-state index contributed by atoms with van der Waals surface area (Å²) in [5, 5.41) is 12.2. The Kier molecular flexibility index (Phi) is 3.33. The van der Waals surface area contributed by atoms with E-state index in [1.807, 2.05) is 6.07 Å². The second-order valence-electron chi connectivity index (χ2n) is 4.74. The van der Waals surface area contributed by atoms with E-state index in [2.05, 4.69) is 12.2 Å². The minimum absolute atomic E-state index is 0.308. The number of rotatable bonds is 4. The van der Waals surface area contributed by atoms with Crippen molar-refractivity contribution >= 4 is 5.69 Å². The molecule has 1 aliphatic rings. The topological polar surface area (TPSA) is 35.8 Å². The van der Waals surface area contributed by atoms with Crippen LogP contribution in [0.1, 0.15) is 37.3 Å². The molecule has 1 aromatic carbocycles. The summed E-state index contributed by atoms with van der Waals surface area (Å²) >= 11 is 0. The summed E-state index contributed by atoms with van der Waals surface area (Å²) in [5.74, 6) is 0.408. The minimum atomic E-state index is -0.308. The number of nitrogens with one attached hydrogen (secondary N) is 1. The number of anilines is 1. The first kappa shape index (κ1) is 11.9. The van der Waals surface area contributed by atoms with Crippen LogP contribution in [0, 0.1) is 30.0 Å². The number of nitriles is 1. The van der Waals surface area contributed by atoms with Crippen molar-refractivity contribution in [3.63, 3.8) is 0 Å². The second-order valence-corrected chi connectivity index (χ2v) is 4.74. The van der Waals surface area contributed by atoms with Crippen LogP contribution in [0.5, 0.6) is 0 Å². The van der Waals surface area contributed by atoms with Gasteiger partial charge in [0.15, 0.2) is 0 Å². The van der Waals surface area contributed by atoms with Crippen molar-refractivity contribution in [3.05, 3.63) is 29.1 Å². The molecule has 0 aliphatic heterocycles. The molecule has 90 valence electrons. The molecule has 1 aromatic rings. The van der Waals surface area contributed by atoms with Crippen LogP contribution in [-0.4, -0.2) is 6.04 Å². The maximum atomic E-state index is 13.6. The van der Waals surface area contributed by atoms with Gasteiger partial charge in [-0.05, 0) is 44.2 Å². The standard InChI is InChI=1S/C14H17FN2/c1-3-13(11-4-5-11)17-14-7-10(8-16)6-12(15)9(14)2/h6-7,11,13,17H,3-5H2,1-2H3. The fourth-order valence-electron chi connectivity index (χ4n) is 2.14. The highest BCUT2D eigenvalue weighted by molar-refractivity contribution is 5.56. The Balaban J connectivity index is 2.24. The van der Waals surface area contributed by atoms with Crippen molar-refractivity contribution in [2.45, 2.75) is 39.2 Å². The van der Waals surface area contributed by atoms with E-state index in [1.165, 1.54) is 18.9 Å². The van der Waals surface area contributed by atoms with Gasteiger partial charge in [0, 0.05) is 17.3 Å². The molecule has 1 fully saturated rings. The summed E-state index contributed by atoms with van der Waals surface area (Å²) < 4.78 is 13.6. The number of hydrogen-bond donors (Lipinski definition) is 1. The quantitative estimate of drug-likeness (QED) is 0.860. The molecular weight excluding hydrogens is 215 g/mol. The Bertz CT molecular complexity index is 458. The van der Waals surface area contributed by atoms with E-state index in [-0.39, 0.29) is 5.82 Å². The molecule has 2 rings (SSSR count). The van der Waals surface area contributed by atoms with Gasteiger partial charge in [-0.1, -0.05) is 6.92 Å². The molecule has 1 aliphatic carbocycles. The van der Waals surface area contributed by atoms with Crippen LogP contribution in [0.4, 0.5) is 10.1 Å². The Morgan fingerprint density at radius 3 is 2.76 bits per heavy atom. The molecule has 3 heteroatoms.